The van der Waals surface area contributed by atoms with Gasteiger partial charge in [-0.1, -0.05) is 30.7 Å². The third-order valence-electron chi connectivity index (χ3n) is 3.77. The molecule has 1 heterocycles. The predicted octanol–water partition coefficient (Wildman–Crippen LogP) is 2.84. The molecular formula is C17H24N2O3. The van der Waals surface area contributed by atoms with Crippen LogP contribution in [0.4, 0.5) is 4.79 Å². The summed E-state index contributed by atoms with van der Waals surface area (Å²) in [5.41, 5.74) is 2.46. The highest BCUT2D eigenvalue weighted by Gasteiger charge is 2.22. The molecule has 1 N–H and O–H groups in total. The number of nitrogens with zero attached hydrogens (tertiary/aromatic N) is 1. The Morgan fingerprint density at radius 3 is 2.45 bits per heavy atom. The molecule has 120 valence electrons. The zero-order chi connectivity index (χ0) is 15.8. The highest BCUT2D eigenvalue weighted by molar-refractivity contribution is 5.75. The van der Waals surface area contributed by atoms with Gasteiger partial charge in [0.05, 0.1) is 6.61 Å². The van der Waals surface area contributed by atoms with Crippen LogP contribution in [0.3, 0.4) is 0 Å². The molecule has 0 spiro atoms. The lowest BCUT2D eigenvalue weighted by Crippen LogP contribution is -2.36. The number of urea groups is 1. The van der Waals surface area contributed by atoms with Crippen LogP contribution in [0.1, 0.15) is 43.7 Å². The van der Waals surface area contributed by atoms with Crippen LogP contribution in [0, 0.1) is 0 Å². The molecule has 0 aliphatic carbocycles. The number of carbonyl (C=O) groups excluding carboxylic acids is 2. The maximum absolute atomic E-state index is 12.1. The van der Waals surface area contributed by atoms with Crippen LogP contribution in [-0.4, -0.2) is 30.1 Å². The van der Waals surface area contributed by atoms with Gasteiger partial charge in [-0.3, -0.25) is 4.79 Å². The maximum Gasteiger partial charge on any atom is 0.318 e. The van der Waals surface area contributed by atoms with Gasteiger partial charge < -0.3 is 15.0 Å². The number of ether oxygens (including phenoxy) is 1. The van der Waals surface area contributed by atoms with E-state index in [1.54, 1.807) is 0 Å². The molecule has 0 unspecified atom stereocenters. The minimum absolute atomic E-state index is 0.0124. The smallest absolute Gasteiger partial charge is 0.318 e. The summed E-state index contributed by atoms with van der Waals surface area (Å²) in [7, 11) is 0. The Balaban J connectivity index is 1.57. The summed E-state index contributed by atoms with van der Waals surface area (Å²) in [6.07, 6.45) is 3.07. The quantitative estimate of drug-likeness (QED) is 0.622. The van der Waals surface area contributed by atoms with Gasteiger partial charge in [0.25, 0.3) is 0 Å². The highest BCUT2D eigenvalue weighted by Crippen LogP contribution is 2.21. The molecule has 5 nitrogen and oxygen atoms in total. The summed E-state index contributed by atoms with van der Waals surface area (Å²) in [5.74, 6) is -0.138. The summed E-state index contributed by atoms with van der Waals surface area (Å²) in [6, 6.07) is 8.13. The van der Waals surface area contributed by atoms with Gasteiger partial charge in [-0.15, -0.1) is 0 Å². The van der Waals surface area contributed by atoms with Crippen molar-refractivity contribution in [2.24, 2.45) is 0 Å². The Kier molecular flexibility index (Phi) is 6.25. The lowest BCUT2D eigenvalue weighted by atomic mass is 10.1. The van der Waals surface area contributed by atoms with E-state index in [9.17, 15) is 9.59 Å². The molecule has 5 heteroatoms. The van der Waals surface area contributed by atoms with Gasteiger partial charge in [0.1, 0.15) is 0 Å². The summed E-state index contributed by atoms with van der Waals surface area (Å²) in [6.45, 7) is 4.27. The number of amides is 2. The number of hydrogen-bond donors (Lipinski definition) is 1. The third-order valence-corrected chi connectivity index (χ3v) is 3.77. The Bertz CT molecular complexity index is 491. The number of nitrogens with one attached hydrogen (secondary N) is 1. The molecule has 0 saturated carbocycles. The number of rotatable bonds is 7. The average molecular weight is 304 g/mol. The van der Waals surface area contributed by atoms with Crippen LogP contribution in [0.15, 0.2) is 24.3 Å². The SMILES string of the molecule is CCOC(=O)CCCCCNC(=O)N1Cc2ccccc2C1. The van der Waals surface area contributed by atoms with Crippen molar-refractivity contribution in [3.63, 3.8) is 0 Å². The molecule has 2 rings (SSSR count). The van der Waals surface area contributed by atoms with E-state index >= 15 is 0 Å². The summed E-state index contributed by atoms with van der Waals surface area (Å²) >= 11 is 0. The minimum atomic E-state index is -0.138. The molecule has 0 radical (unpaired) electrons. The molecule has 0 fully saturated rings. The second kappa shape index (κ2) is 8.41. The number of hydrogen-bond acceptors (Lipinski definition) is 3. The highest BCUT2D eigenvalue weighted by atomic mass is 16.5. The molecule has 22 heavy (non-hydrogen) atoms. The minimum Gasteiger partial charge on any atom is -0.466 e. The van der Waals surface area contributed by atoms with E-state index in [1.807, 2.05) is 24.0 Å². The lowest BCUT2D eigenvalue weighted by molar-refractivity contribution is -0.143. The van der Waals surface area contributed by atoms with E-state index < -0.39 is 0 Å². The first kappa shape index (κ1) is 16.3. The van der Waals surface area contributed by atoms with E-state index in [0.717, 1.165) is 19.3 Å². The van der Waals surface area contributed by atoms with Crippen molar-refractivity contribution in [3.05, 3.63) is 35.4 Å². The topological polar surface area (TPSA) is 58.6 Å². The van der Waals surface area contributed by atoms with Crippen LogP contribution < -0.4 is 5.32 Å². The second-order valence-electron chi connectivity index (χ2n) is 5.47. The number of carbonyl (C=O) groups is 2. The van der Waals surface area contributed by atoms with Crippen molar-refractivity contribution in [1.82, 2.24) is 10.2 Å². The van der Waals surface area contributed by atoms with E-state index in [0.29, 0.717) is 32.7 Å². The van der Waals surface area contributed by atoms with Gasteiger partial charge in [-0.2, -0.15) is 0 Å². The van der Waals surface area contributed by atoms with Crippen LogP contribution in [-0.2, 0) is 22.6 Å². The van der Waals surface area contributed by atoms with Gasteiger partial charge in [-0.05, 0) is 30.9 Å². The van der Waals surface area contributed by atoms with Gasteiger partial charge in [-0.25, -0.2) is 4.79 Å². The van der Waals surface area contributed by atoms with Gasteiger partial charge in [0.2, 0.25) is 0 Å². The van der Waals surface area contributed by atoms with E-state index in [1.165, 1.54) is 11.1 Å². The van der Waals surface area contributed by atoms with Gasteiger partial charge >= 0.3 is 12.0 Å². The molecule has 1 aliphatic heterocycles. The molecule has 0 saturated heterocycles. The van der Waals surface area contributed by atoms with Crippen LogP contribution in [0.25, 0.3) is 0 Å². The molecule has 1 aliphatic rings. The second-order valence-corrected chi connectivity index (χ2v) is 5.47. The van der Waals surface area contributed by atoms with Crippen molar-refractivity contribution in [3.8, 4) is 0 Å². The van der Waals surface area contributed by atoms with E-state index in [-0.39, 0.29) is 12.0 Å². The standard InChI is InChI=1S/C17H24N2O3/c1-2-22-16(20)10-4-3-7-11-18-17(21)19-12-14-8-5-6-9-15(14)13-19/h5-6,8-9H,2-4,7,10-13H2,1H3,(H,18,21). The molecule has 0 aromatic heterocycles. The van der Waals surface area contributed by atoms with Crippen molar-refractivity contribution in [1.29, 1.82) is 0 Å². The first-order chi connectivity index (χ1) is 10.7. The molecule has 1 aromatic rings. The molecular weight excluding hydrogens is 280 g/mol. The first-order valence-electron chi connectivity index (χ1n) is 7.96. The summed E-state index contributed by atoms with van der Waals surface area (Å²) < 4.78 is 4.87. The summed E-state index contributed by atoms with van der Waals surface area (Å²) in [4.78, 5) is 25.1. The first-order valence-corrected chi connectivity index (χ1v) is 7.96. The van der Waals surface area contributed by atoms with Crippen LogP contribution in [0.2, 0.25) is 0 Å². The third kappa shape index (κ3) is 4.76. The van der Waals surface area contributed by atoms with E-state index in [4.69, 9.17) is 4.74 Å². The number of fused-ring (bicyclic) bond motifs is 1. The van der Waals surface area contributed by atoms with Crippen molar-refractivity contribution < 1.29 is 14.3 Å². The Labute approximate surface area is 131 Å². The zero-order valence-electron chi connectivity index (χ0n) is 13.1. The van der Waals surface area contributed by atoms with Gasteiger partial charge in [0.15, 0.2) is 0 Å². The normalized spacial score (nSPS) is 12.9. The monoisotopic (exact) mass is 304 g/mol. The van der Waals surface area contributed by atoms with Crippen LogP contribution in [0.5, 0.6) is 0 Å². The molecule has 2 amide bonds. The fourth-order valence-electron chi connectivity index (χ4n) is 2.59. The molecule has 1 aromatic carbocycles. The largest absolute Gasteiger partial charge is 0.466 e. The number of benzene rings is 1. The Hall–Kier alpha value is -2.04. The Morgan fingerprint density at radius 2 is 1.82 bits per heavy atom. The lowest BCUT2D eigenvalue weighted by Gasteiger charge is -2.16. The fourth-order valence-corrected chi connectivity index (χ4v) is 2.59. The summed E-state index contributed by atoms with van der Waals surface area (Å²) in [5, 5.41) is 2.94. The van der Waals surface area contributed by atoms with Crippen molar-refractivity contribution in [2.45, 2.75) is 45.7 Å². The fraction of sp³-hybridized carbons (Fsp3) is 0.529. The van der Waals surface area contributed by atoms with Crippen LogP contribution >= 0.6 is 0 Å². The van der Waals surface area contributed by atoms with Crippen molar-refractivity contribution >= 4 is 12.0 Å². The van der Waals surface area contributed by atoms with E-state index in [2.05, 4.69) is 17.4 Å². The zero-order valence-corrected chi connectivity index (χ0v) is 13.1. The number of esters is 1. The predicted molar refractivity (Wildman–Crippen MR) is 84.2 cm³/mol. The molecule has 0 atom stereocenters. The molecule has 0 bridgehead atoms. The number of unbranched alkanes of at least 4 members (excludes halogenated alkanes) is 2. The Morgan fingerprint density at radius 1 is 1.14 bits per heavy atom. The average Bonchev–Trinajstić information content (AvgIpc) is 2.95. The maximum atomic E-state index is 12.1. The van der Waals surface area contributed by atoms with Gasteiger partial charge in [0, 0.05) is 26.1 Å². The van der Waals surface area contributed by atoms with Crippen molar-refractivity contribution in [2.75, 3.05) is 13.2 Å².